The van der Waals surface area contributed by atoms with Crippen molar-refractivity contribution in [3.8, 4) is 5.75 Å². The molecule has 0 aliphatic rings. The summed E-state index contributed by atoms with van der Waals surface area (Å²) in [5.41, 5.74) is 7.07. The first-order valence-electron chi connectivity index (χ1n) is 7.95. The fourth-order valence-corrected chi connectivity index (χ4v) is 2.10. The van der Waals surface area contributed by atoms with Gasteiger partial charge < -0.3 is 20.5 Å². The third kappa shape index (κ3) is 5.34. The molecule has 136 valence electrons. The van der Waals surface area contributed by atoms with Crippen LogP contribution in [0.15, 0.2) is 48.5 Å². The summed E-state index contributed by atoms with van der Waals surface area (Å²) in [6.07, 6.45) is -1.00. The van der Waals surface area contributed by atoms with Gasteiger partial charge in [-0.3, -0.25) is 9.59 Å². The van der Waals surface area contributed by atoms with E-state index in [1.165, 1.54) is 19.1 Å². The maximum Gasteiger partial charge on any atom is 0.344 e. The lowest BCUT2D eigenvalue weighted by Gasteiger charge is -2.14. The number of carbonyl (C=O) groups excluding carboxylic acids is 3. The highest BCUT2D eigenvalue weighted by Gasteiger charge is 2.19. The van der Waals surface area contributed by atoms with Crippen LogP contribution in [0.1, 0.15) is 22.8 Å². The average molecular weight is 356 g/mol. The number of nitrogens with one attached hydrogen (secondary N) is 1. The third-order valence-electron chi connectivity index (χ3n) is 3.49. The lowest BCUT2D eigenvalue weighted by atomic mass is 10.2. The molecule has 0 saturated heterocycles. The Labute approximate surface area is 151 Å². The molecule has 2 amide bonds. The molecular weight excluding hydrogens is 336 g/mol. The molecule has 0 spiro atoms. The van der Waals surface area contributed by atoms with Crippen molar-refractivity contribution in [3.05, 3.63) is 59.7 Å². The van der Waals surface area contributed by atoms with Crippen molar-refractivity contribution >= 4 is 23.5 Å². The number of primary amides is 1. The summed E-state index contributed by atoms with van der Waals surface area (Å²) in [6, 6.07) is 13.5. The number of amides is 2. The first-order chi connectivity index (χ1) is 12.4. The molecular formula is C19H20N2O5. The number of anilines is 1. The first kappa shape index (κ1) is 19.0. The van der Waals surface area contributed by atoms with Crippen LogP contribution in [0.2, 0.25) is 0 Å². The van der Waals surface area contributed by atoms with Crippen LogP contribution in [0, 0.1) is 6.92 Å². The van der Waals surface area contributed by atoms with E-state index < -0.39 is 30.5 Å². The van der Waals surface area contributed by atoms with Crippen LogP contribution >= 0.6 is 0 Å². The molecule has 0 saturated carbocycles. The number of rotatable bonds is 7. The monoisotopic (exact) mass is 356 g/mol. The summed E-state index contributed by atoms with van der Waals surface area (Å²) in [4.78, 5) is 35.2. The van der Waals surface area contributed by atoms with Gasteiger partial charge in [0.25, 0.3) is 11.8 Å². The van der Waals surface area contributed by atoms with E-state index in [4.69, 9.17) is 15.2 Å². The van der Waals surface area contributed by atoms with Gasteiger partial charge in [0.05, 0.1) is 5.56 Å². The highest BCUT2D eigenvalue weighted by Crippen LogP contribution is 2.17. The SMILES string of the molecule is Cc1ccc(NC(=O)[C@H](C)OC(=O)COc2ccccc2C(N)=O)cc1. The number of hydrogen-bond acceptors (Lipinski definition) is 5. The van der Waals surface area contributed by atoms with Crippen LogP contribution in [0.4, 0.5) is 5.69 Å². The lowest BCUT2D eigenvalue weighted by molar-refractivity contribution is -0.155. The highest BCUT2D eigenvalue weighted by atomic mass is 16.6. The summed E-state index contributed by atoms with van der Waals surface area (Å²) < 4.78 is 10.3. The number of hydrogen-bond donors (Lipinski definition) is 2. The molecule has 1 atom stereocenters. The Morgan fingerprint density at radius 3 is 2.38 bits per heavy atom. The van der Waals surface area contributed by atoms with Gasteiger partial charge in [-0.25, -0.2) is 4.79 Å². The zero-order valence-corrected chi connectivity index (χ0v) is 14.5. The summed E-state index contributed by atoms with van der Waals surface area (Å²) in [5.74, 6) is -1.69. The Balaban J connectivity index is 1.86. The second-order valence-electron chi connectivity index (χ2n) is 5.64. The molecule has 2 aromatic carbocycles. The molecule has 7 heteroatoms. The van der Waals surface area contributed by atoms with Crippen molar-refractivity contribution < 1.29 is 23.9 Å². The number of para-hydroxylation sites is 1. The number of carbonyl (C=O) groups is 3. The number of nitrogens with two attached hydrogens (primary N) is 1. The van der Waals surface area contributed by atoms with Crippen LogP contribution in [-0.2, 0) is 14.3 Å². The van der Waals surface area contributed by atoms with Crippen molar-refractivity contribution in [2.45, 2.75) is 20.0 Å². The van der Waals surface area contributed by atoms with Crippen LogP contribution in [-0.4, -0.2) is 30.5 Å². The van der Waals surface area contributed by atoms with Gasteiger partial charge in [0.1, 0.15) is 5.75 Å². The Hall–Kier alpha value is -3.35. The quantitative estimate of drug-likeness (QED) is 0.738. The van der Waals surface area contributed by atoms with E-state index >= 15 is 0 Å². The number of aryl methyl sites for hydroxylation is 1. The Morgan fingerprint density at radius 1 is 1.08 bits per heavy atom. The predicted octanol–water partition coefficient (Wildman–Crippen LogP) is 2.04. The maximum absolute atomic E-state index is 12.1. The van der Waals surface area contributed by atoms with Crippen LogP contribution in [0.5, 0.6) is 5.75 Å². The van der Waals surface area contributed by atoms with Crippen molar-refractivity contribution in [2.75, 3.05) is 11.9 Å². The van der Waals surface area contributed by atoms with E-state index in [2.05, 4.69) is 5.32 Å². The van der Waals surface area contributed by atoms with E-state index in [1.54, 1.807) is 24.3 Å². The van der Waals surface area contributed by atoms with Gasteiger partial charge in [-0.1, -0.05) is 29.8 Å². The minimum Gasteiger partial charge on any atom is -0.481 e. The molecule has 0 aromatic heterocycles. The number of benzene rings is 2. The summed E-state index contributed by atoms with van der Waals surface area (Å²) in [5, 5.41) is 2.65. The molecule has 0 heterocycles. The second-order valence-corrected chi connectivity index (χ2v) is 5.64. The van der Waals surface area contributed by atoms with Crippen molar-refractivity contribution in [3.63, 3.8) is 0 Å². The molecule has 3 N–H and O–H groups in total. The lowest BCUT2D eigenvalue weighted by Crippen LogP contribution is -2.31. The van der Waals surface area contributed by atoms with E-state index in [1.807, 2.05) is 19.1 Å². The topological polar surface area (TPSA) is 108 Å². The Bertz CT molecular complexity index is 802. The summed E-state index contributed by atoms with van der Waals surface area (Å²) in [6.45, 7) is 2.94. The molecule has 26 heavy (non-hydrogen) atoms. The van der Waals surface area contributed by atoms with E-state index in [-0.39, 0.29) is 11.3 Å². The maximum atomic E-state index is 12.1. The van der Waals surface area contributed by atoms with E-state index in [0.717, 1.165) is 5.56 Å². The second kappa shape index (κ2) is 8.66. The van der Waals surface area contributed by atoms with E-state index in [9.17, 15) is 14.4 Å². The van der Waals surface area contributed by atoms with Crippen molar-refractivity contribution in [2.24, 2.45) is 5.73 Å². The predicted molar refractivity (Wildman–Crippen MR) is 95.8 cm³/mol. The van der Waals surface area contributed by atoms with Gasteiger partial charge in [-0.15, -0.1) is 0 Å². The zero-order valence-electron chi connectivity index (χ0n) is 14.5. The molecule has 2 rings (SSSR count). The summed E-state index contributed by atoms with van der Waals surface area (Å²) >= 11 is 0. The number of ether oxygens (including phenoxy) is 2. The molecule has 2 aromatic rings. The van der Waals surface area contributed by atoms with Gasteiger partial charge in [-0.05, 0) is 38.1 Å². The van der Waals surface area contributed by atoms with E-state index in [0.29, 0.717) is 5.69 Å². The molecule has 0 fully saturated rings. The van der Waals surface area contributed by atoms with Gasteiger partial charge in [0.15, 0.2) is 12.7 Å². The Kier molecular flexibility index (Phi) is 6.32. The average Bonchev–Trinajstić information content (AvgIpc) is 2.62. The minimum absolute atomic E-state index is 0.158. The van der Waals surface area contributed by atoms with Crippen molar-refractivity contribution in [1.29, 1.82) is 0 Å². The van der Waals surface area contributed by atoms with Gasteiger partial charge in [-0.2, -0.15) is 0 Å². The molecule has 0 bridgehead atoms. The fraction of sp³-hybridized carbons (Fsp3) is 0.211. The molecule has 7 nitrogen and oxygen atoms in total. The normalized spacial score (nSPS) is 11.3. The third-order valence-corrected chi connectivity index (χ3v) is 3.49. The molecule has 0 unspecified atom stereocenters. The standard InChI is InChI=1S/C19H20N2O5/c1-12-7-9-14(10-8-12)21-19(24)13(2)26-17(22)11-25-16-6-4-3-5-15(16)18(20)23/h3-10,13H,11H2,1-2H3,(H2,20,23)(H,21,24)/t13-/m0/s1. The molecule has 0 aliphatic heterocycles. The Morgan fingerprint density at radius 2 is 1.73 bits per heavy atom. The zero-order chi connectivity index (χ0) is 19.1. The van der Waals surface area contributed by atoms with Gasteiger partial charge in [0.2, 0.25) is 0 Å². The fourth-order valence-electron chi connectivity index (χ4n) is 2.10. The van der Waals surface area contributed by atoms with Crippen LogP contribution < -0.4 is 15.8 Å². The molecule has 0 aliphatic carbocycles. The smallest absolute Gasteiger partial charge is 0.344 e. The largest absolute Gasteiger partial charge is 0.481 e. The summed E-state index contributed by atoms with van der Waals surface area (Å²) in [7, 11) is 0. The van der Waals surface area contributed by atoms with Gasteiger partial charge in [0, 0.05) is 5.69 Å². The first-order valence-corrected chi connectivity index (χ1v) is 7.95. The van der Waals surface area contributed by atoms with Gasteiger partial charge >= 0.3 is 5.97 Å². The van der Waals surface area contributed by atoms with Crippen LogP contribution in [0.25, 0.3) is 0 Å². The highest BCUT2D eigenvalue weighted by molar-refractivity contribution is 5.96. The number of esters is 1. The van der Waals surface area contributed by atoms with Crippen molar-refractivity contribution in [1.82, 2.24) is 0 Å². The minimum atomic E-state index is -1.00. The van der Waals surface area contributed by atoms with Crippen LogP contribution in [0.3, 0.4) is 0 Å². The molecule has 0 radical (unpaired) electrons.